The predicted molar refractivity (Wildman–Crippen MR) is 115 cm³/mol. The molecule has 0 amide bonds. The fourth-order valence-electron chi connectivity index (χ4n) is 3.64. The molecule has 2 aromatic heterocycles. The average Bonchev–Trinajstić information content (AvgIpc) is 3.30. The number of imidazole rings is 1. The molecule has 164 valence electrons. The van der Waals surface area contributed by atoms with Crippen molar-refractivity contribution in [2.45, 2.75) is 36.7 Å². The van der Waals surface area contributed by atoms with Gasteiger partial charge in [-0.3, -0.25) is 9.36 Å². The molecule has 0 radical (unpaired) electrons. The second-order valence-corrected chi connectivity index (χ2v) is 9.64. The molecule has 0 aliphatic carbocycles. The SMILES string of the molecule is Nc1ncnc2c1ncn2[C@@H]1O[C@H](C[S+](CCC(=O)O)Cc2ccccc2)[C@H](O)C1O. The Morgan fingerprint density at radius 3 is 2.68 bits per heavy atom. The summed E-state index contributed by atoms with van der Waals surface area (Å²) in [5.41, 5.74) is 7.71. The van der Waals surface area contributed by atoms with E-state index in [-0.39, 0.29) is 23.1 Å². The lowest BCUT2D eigenvalue weighted by Crippen LogP contribution is -2.36. The number of carboxylic acids is 1. The molecule has 11 heteroatoms. The quantitative estimate of drug-likeness (QED) is 0.358. The maximum Gasteiger partial charge on any atom is 0.308 e. The molecule has 2 unspecified atom stereocenters. The van der Waals surface area contributed by atoms with Gasteiger partial charge in [0.05, 0.1) is 12.7 Å². The Kier molecular flexibility index (Phi) is 6.37. The number of aliphatic hydroxyl groups excluding tert-OH is 2. The molecular formula is C20H24N5O5S+. The summed E-state index contributed by atoms with van der Waals surface area (Å²) >= 11 is 0. The van der Waals surface area contributed by atoms with Gasteiger partial charge >= 0.3 is 5.97 Å². The molecule has 1 aliphatic heterocycles. The molecule has 1 fully saturated rings. The number of hydrogen-bond donors (Lipinski definition) is 4. The van der Waals surface area contributed by atoms with Crippen LogP contribution in [0.1, 0.15) is 18.2 Å². The van der Waals surface area contributed by atoms with Crippen LogP contribution in [-0.4, -0.2) is 70.6 Å². The first-order chi connectivity index (χ1) is 14.9. The van der Waals surface area contributed by atoms with Gasteiger partial charge in [-0.05, 0) is 10.9 Å². The second kappa shape index (κ2) is 9.18. The number of hydrogen-bond acceptors (Lipinski definition) is 8. The molecule has 1 aliphatic rings. The van der Waals surface area contributed by atoms with Gasteiger partial charge in [-0.25, -0.2) is 15.0 Å². The molecule has 5 atom stereocenters. The summed E-state index contributed by atoms with van der Waals surface area (Å²) in [5, 5.41) is 30.5. The third-order valence-corrected chi connectivity index (χ3v) is 7.54. The zero-order chi connectivity index (χ0) is 22.0. The lowest BCUT2D eigenvalue weighted by atomic mass is 10.1. The third-order valence-electron chi connectivity index (χ3n) is 5.22. The number of aliphatic carboxylic acids is 1. The molecule has 5 N–H and O–H groups in total. The number of aliphatic hydroxyl groups is 2. The number of rotatable bonds is 8. The maximum atomic E-state index is 11.1. The minimum Gasteiger partial charge on any atom is -0.481 e. The summed E-state index contributed by atoms with van der Waals surface area (Å²) in [6.45, 7) is 0. The molecule has 3 heterocycles. The van der Waals surface area contributed by atoms with E-state index in [4.69, 9.17) is 15.6 Å². The summed E-state index contributed by atoms with van der Waals surface area (Å²) < 4.78 is 7.57. The molecule has 10 nitrogen and oxygen atoms in total. The summed E-state index contributed by atoms with van der Waals surface area (Å²) in [6, 6.07) is 9.78. The van der Waals surface area contributed by atoms with Gasteiger partial charge in [-0.15, -0.1) is 0 Å². The smallest absolute Gasteiger partial charge is 0.308 e. The van der Waals surface area contributed by atoms with Gasteiger partial charge in [-0.2, -0.15) is 0 Å². The predicted octanol–water partition coefficient (Wildman–Crippen LogP) is 0.321. The van der Waals surface area contributed by atoms with Crippen LogP contribution in [0.3, 0.4) is 0 Å². The zero-order valence-electron chi connectivity index (χ0n) is 16.6. The number of carboxylic acid groups (broad SMARTS) is 1. The summed E-state index contributed by atoms with van der Waals surface area (Å²) in [6.07, 6.45) is -1.08. The Bertz CT molecular complexity index is 1050. The van der Waals surface area contributed by atoms with Gasteiger partial charge in [0.15, 0.2) is 17.7 Å². The molecular weight excluding hydrogens is 422 g/mol. The van der Waals surface area contributed by atoms with Crippen molar-refractivity contribution in [2.75, 3.05) is 17.2 Å². The second-order valence-electron chi connectivity index (χ2n) is 7.39. The van der Waals surface area contributed by atoms with Crippen LogP contribution in [0.15, 0.2) is 43.0 Å². The minimum atomic E-state index is -1.19. The first kappa shape index (κ1) is 21.5. The van der Waals surface area contributed by atoms with Crippen LogP contribution in [0, 0.1) is 0 Å². The van der Waals surface area contributed by atoms with Crippen molar-refractivity contribution in [3.8, 4) is 0 Å². The molecule has 1 saturated heterocycles. The van der Waals surface area contributed by atoms with Crippen molar-refractivity contribution in [3.63, 3.8) is 0 Å². The largest absolute Gasteiger partial charge is 0.481 e. The highest BCUT2D eigenvalue weighted by atomic mass is 32.2. The van der Waals surface area contributed by atoms with E-state index in [2.05, 4.69) is 15.0 Å². The van der Waals surface area contributed by atoms with Crippen LogP contribution in [0.25, 0.3) is 11.2 Å². The Balaban J connectivity index is 1.52. The van der Waals surface area contributed by atoms with Gasteiger partial charge in [0.1, 0.15) is 47.4 Å². The fraction of sp³-hybridized carbons (Fsp3) is 0.400. The van der Waals surface area contributed by atoms with Crippen LogP contribution in [-0.2, 0) is 26.2 Å². The summed E-state index contributed by atoms with van der Waals surface area (Å²) in [4.78, 5) is 23.4. The highest BCUT2D eigenvalue weighted by Gasteiger charge is 2.47. The number of nitrogen functional groups attached to an aromatic ring is 1. The molecule has 31 heavy (non-hydrogen) atoms. The first-order valence-electron chi connectivity index (χ1n) is 9.78. The highest BCUT2D eigenvalue weighted by Crippen LogP contribution is 2.33. The number of nitrogens with two attached hydrogens (primary N) is 1. The van der Waals surface area contributed by atoms with Crippen molar-refractivity contribution < 1.29 is 24.9 Å². The van der Waals surface area contributed by atoms with Crippen molar-refractivity contribution in [2.24, 2.45) is 0 Å². The van der Waals surface area contributed by atoms with Gasteiger partial charge in [0.25, 0.3) is 0 Å². The first-order valence-corrected chi connectivity index (χ1v) is 11.5. The number of anilines is 1. The van der Waals surface area contributed by atoms with Crippen molar-refractivity contribution >= 4 is 33.8 Å². The standard InChI is InChI=1S/C20H23N5O5S/c21-18-15-19(23-10-22-18)25(11-24-15)20-17(29)16(28)13(30-20)9-31(7-6-14(26)27)8-12-4-2-1-3-5-12/h1-5,10-11,13,16-17,20,28-29H,6-9H2,(H2-,21,22,23,26,27)/p+1/t13-,16+,17?,20-,31?/m1/s1. The van der Waals surface area contributed by atoms with Crippen molar-refractivity contribution in [1.82, 2.24) is 19.5 Å². The zero-order valence-corrected chi connectivity index (χ0v) is 17.4. The Morgan fingerprint density at radius 1 is 1.16 bits per heavy atom. The van der Waals surface area contributed by atoms with Crippen LogP contribution in [0.4, 0.5) is 5.82 Å². The Labute approximate surface area is 181 Å². The van der Waals surface area contributed by atoms with Gasteiger partial charge in [0.2, 0.25) is 0 Å². The molecule has 0 bridgehead atoms. The van der Waals surface area contributed by atoms with Gasteiger partial charge in [0, 0.05) is 5.56 Å². The number of ether oxygens (including phenoxy) is 1. The average molecular weight is 447 g/mol. The lowest BCUT2D eigenvalue weighted by Gasteiger charge is -2.16. The van der Waals surface area contributed by atoms with E-state index < -0.39 is 30.5 Å². The molecule has 4 rings (SSSR count). The number of carbonyl (C=O) groups is 1. The summed E-state index contributed by atoms with van der Waals surface area (Å²) in [7, 11) is -0.361. The van der Waals surface area contributed by atoms with Crippen LogP contribution >= 0.6 is 0 Å². The maximum absolute atomic E-state index is 11.1. The fourth-order valence-corrected chi connectivity index (χ4v) is 5.94. The normalized spacial score (nSPS) is 24.5. The van der Waals surface area contributed by atoms with E-state index in [1.165, 1.54) is 17.2 Å². The number of aromatic nitrogens is 4. The van der Waals surface area contributed by atoms with E-state index in [0.29, 0.717) is 28.4 Å². The van der Waals surface area contributed by atoms with E-state index in [0.717, 1.165) is 5.56 Å². The monoisotopic (exact) mass is 446 g/mol. The number of nitrogens with zero attached hydrogens (tertiary/aromatic N) is 4. The Morgan fingerprint density at radius 2 is 1.94 bits per heavy atom. The molecule has 1 aromatic carbocycles. The Hall–Kier alpha value is -2.73. The molecule has 3 aromatic rings. The van der Waals surface area contributed by atoms with E-state index in [1.54, 1.807) is 0 Å². The topological polar surface area (TPSA) is 157 Å². The van der Waals surface area contributed by atoms with E-state index in [1.807, 2.05) is 30.3 Å². The number of benzene rings is 1. The third kappa shape index (κ3) is 4.64. The van der Waals surface area contributed by atoms with Gasteiger partial charge < -0.3 is 25.8 Å². The van der Waals surface area contributed by atoms with E-state index >= 15 is 0 Å². The van der Waals surface area contributed by atoms with Crippen LogP contribution < -0.4 is 5.73 Å². The molecule has 0 saturated carbocycles. The number of fused-ring (bicyclic) bond motifs is 1. The van der Waals surface area contributed by atoms with Crippen LogP contribution in [0.2, 0.25) is 0 Å². The van der Waals surface area contributed by atoms with E-state index in [9.17, 15) is 15.0 Å². The summed E-state index contributed by atoms with van der Waals surface area (Å²) in [5.74, 6) is 0.930. The van der Waals surface area contributed by atoms with Gasteiger partial charge in [-0.1, -0.05) is 30.3 Å². The lowest BCUT2D eigenvalue weighted by molar-refractivity contribution is -0.136. The molecule has 0 spiro atoms. The minimum absolute atomic E-state index is 0.0348. The highest BCUT2D eigenvalue weighted by molar-refractivity contribution is 7.96. The van der Waals surface area contributed by atoms with Crippen LogP contribution in [0.5, 0.6) is 0 Å². The van der Waals surface area contributed by atoms with Crippen molar-refractivity contribution in [3.05, 3.63) is 48.5 Å². The van der Waals surface area contributed by atoms with Crippen molar-refractivity contribution in [1.29, 1.82) is 0 Å².